The van der Waals surface area contributed by atoms with Crippen LogP contribution in [0.1, 0.15) is 22.7 Å². The molecule has 2 aromatic rings. The van der Waals surface area contributed by atoms with Gasteiger partial charge in [0.25, 0.3) is 0 Å². The van der Waals surface area contributed by atoms with Gasteiger partial charge in [-0.15, -0.1) is 0 Å². The Hall–Kier alpha value is -1.74. The lowest BCUT2D eigenvalue weighted by atomic mass is 9.95. The molecule has 1 nitrogen and oxygen atoms in total. The van der Waals surface area contributed by atoms with Crippen LogP contribution in [0.25, 0.3) is 0 Å². The number of hydrogen-bond acceptors (Lipinski definition) is 1. The van der Waals surface area contributed by atoms with Crippen molar-refractivity contribution in [2.24, 2.45) is 0 Å². The number of aryl methyl sites for hydroxylation is 1. The molecule has 0 aromatic heterocycles. The highest BCUT2D eigenvalue weighted by atomic mass is 19.1. The fraction of sp³-hybridized carbons (Fsp3) is 0.250. The number of halogens is 2. The zero-order valence-electron chi connectivity index (χ0n) is 11.1. The molecule has 1 unspecified atom stereocenters. The number of benzene rings is 2. The van der Waals surface area contributed by atoms with E-state index in [2.05, 4.69) is 5.32 Å². The fourth-order valence-electron chi connectivity index (χ4n) is 2.21. The van der Waals surface area contributed by atoms with E-state index < -0.39 is 0 Å². The molecule has 0 fully saturated rings. The molecule has 0 heterocycles. The van der Waals surface area contributed by atoms with E-state index in [1.807, 2.05) is 14.0 Å². The van der Waals surface area contributed by atoms with Crippen LogP contribution in [0.3, 0.4) is 0 Å². The maximum absolute atomic E-state index is 13.4. The maximum atomic E-state index is 13.4. The van der Waals surface area contributed by atoms with Crippen molar-refractivity contribution in [1.29, 1.82) is 0 Å². The highest BCUT2D eigenvalue weighted by Gasteiger charge is 2.13. The standard InChI is InChI=1S/C16H17F2N/c1-11-3-6-14(18)10-15(11)16(19-2)9-12-4-7-13(17)8-5-12/h3-8,10,16,19H,9H2,1-2H3. The van der Waals surface area contributed by atoms with Gasteiger partial charge in [0, 0.05) is 6.04 Å². The zero-order valence-corrected chi connectivity index (χ0v) is 11.1. The molecule has 1 N–H and O–H groups in total. The third kappa shape index (κ3) is 3.38. The van der Waals surface area contributed by atoms with Crippen molar-refractivity contribution < 1.29 is 8.78 Å². The first-order chi connectivity index (χ1) is 9.10. The van der Waals surface area contributed by atoms with Crippen LogP contribution in [0, 0.1) is 18.6 Å². The van der Waals surface area contributed by atoms with Crippen molar-refractivity contribution in [2.45, 2.75) is 19.4 Å². The second-order valence-electron chi connectivity index (χ2n) is 4.67. The second kappa shape index (κ2) is 5.93. The molecule has 0 saturated carbocycles. The summed E-state index contributed by atoms with van der Waals surface area (Å²) in [6, 6.07) is 11.2. The third-order valence-corrected chi connectivity index (χ3v) is 3.32. The molecule has 3 heteroatoms. The number of rotatable bonds is 4. The molecule has 0 amide bonds. The topological polar surface area (TPSA) is 12.0 Å². The summed E-state index contributed by atoms with van der Waals surface area (Å²) in [4.78, 5) is 0. The smallest absolute Gasteiger partial charge is 0.123 e. The van der Waals surface area contributed by atoms with E-state index in [4.69, 9.17) is 0 Å². The van der Waals surface area contributed by atoms with Crippen LogP contribution in [0.2, 0.25) is 0 Å². The van der Waals surface area contributed by atoms with Crippen LogP contribution >= 0.6 is 0 Å². The molecular weight excluding hydrogens is 244 g/mol. The normalized spacial score (nSPS) is 12.4. The Morgan fingerprint density at radius 1 is 1.00 bits per heavy atom. The number of nitrogens with one attached hydrogen (secondary N) is 1. The number of likely N-dealkylation sites (N-methyl/N-ethyl adjacent to an activating group) is 1. The maximum Gasteiger partial charge on any atom is 0.123 e. The monoisotopic (exact) mass is 261 g/mol. The minimum atomic E-state index is -0.244. The average molecular weight is 261 g/mol. The van der Waals surface area contributed by atoms with E-state index in [0.717, 1.165) is 16.7 Å². The summed E-state index contributed by atoms with van der Waals surface area (Å²) in [6.45, 7) is 1.96. The summed E-state index contributed by atoms with van der Waals surface area (Å²) in [6.07, 6.45) is 0.696. The van der Waals surface area contributed by atoms with E-state index in [9.17, 15) is 8.78 Å². The summed E-state index contributed by atoms with van der Waals surface area (Å²) in [5.74, 6) is -0.480. The van der Waals surface area contributed by atoms with E-state index in [0.29, 0.717) is 6.42 Å². The van der Waals surface area contributed by atoms with Crippen LogP contribution in [-0.2, 0) is 6.42 Å². The van der Waals surface area contributed by atoms with Gasteiger partial charge in [0.1, 0.15) is 11.6 Å². The van der Waals surface area contributed by atoms with Crippen molar-refractivity contribution in [3.05, 3.63) is 70.8 Å². The van der Waals surface area contributed by atoms with Gasteiger partial charge in [0.15, 0.2) is 0 Å². The van der Waals surface area contributed by atoms with Gasteiger partial charge in [0.2, 0.25) is 0 Å². The Morgan fingerprint density at radius 2 is 1.63 bits per heavy atom. The lowest BCUT2D eigenvalue weighted by Gasteiger charge is -2.19. The molecule has 1 atom stereocenters. The van der Waals surface area contributed by atoms with Crippen LogP contribution in [-0.4, -0.2) is 7.05 Å². The minimum absolute atomic E-state index is 0.0150. The van der Waals surface area contributed by atoms with Gasteiger partial charge in [-0.2, -0.15) is 0 Å². The molecule has 0 spiro atoms. The van der Waals surface area contributed by atoms with Crippen LogP contribution < -0.4 is 5.32 Å². The Labute approximate surface area is 112 Å². The molecule has 100 valence electrons. The van der Waals surface area contributed by atoms with Crippen molar-refractivity contribution in [3.8, 4) is 0 Å². The molecule has 2 aromatic carbocycles. The molecule has 0 radical (unpaired) electrons. The first-order valence-electron chi connectivity index (χ1n) is 6.28. The summed E-state index contributed by atoms with van der Waals surface area (Å²) < 4.78 is 26.2. The molecule has 2 rings (SSSR count). The summed E-state index contributed by atoms with van der Waals surface area (Å²) in [5.41, 5.74) is 3.00. The Balaban J connectivity index is 2.24. The van der Waals surface area contributed by atoms with Gasteiger partial charge in [-0.05, 0) is 61.3 Å². The Morgan fingerprint density at radius 3 is 2.26 bits per heavy atom. The molecule has 0 saturated heterocycles. The highest BCUT2D eigenvalue weighted by molar-refractivity contribution is 5.31. The molecular formula is C16H17F2N. The number of hydrogen-bond donors (Lipinski definition) is 1. The van der Waals surface area contributed by atoms with Crippen LogP contribution in [0.15, 0.2) is 42.5 Å². The summed E-state index contributed by atoms with van der Waals surface area (Å²) in [7, 11) is 1.85. The van der Waals surface area contributed by atoms with Crippen molar-refractivity contribution in [1.82, 2.24) is 5.32 Å². The van der Waals surface area contributed by atoms with Gasteiger partial charge in [-0.1, -0.05) is 18.2 Å². The second-order valence-corrected chi connectivity index (χ2v) is 4.67. The predicted molar refractivity (Wildman–Crippen MR) is 73.0 cm³/mol. The van der Waals surface area contributed by atoms with E-state index in [-0.39, 0.29) is 17.7 Å². The third-order valence-electron chi connectivity index (χ3n) is 3.32. The van der Waals surface area contributed by atoms with Gasteiger partial charge in [0.05, 0.1) is 0 Å². The Bertz CT molecular complexity index is 549. The van der Waals surface area contributed by atoms with E-state index in [1.165, 1.54) is 18.2 Å². The van der Waals surface area contributed by atoms with Crippen LogP contribution in [0.5, 0.6) is 0 Å². The van der Waals surface area contributed by atoms with E-state index >= 15 is 0 Å². The lowest BCUT2D eigenvalue weighted by Crippen LogP contribution is -2.20. The Kier molecular flexibility index (Phi) is 4.27. The average Bonchev–Trinajstić information content (AvgIpc) is 2.41. The quantitative estimate of drug-likeness (QED) is 0.883. The lowest BCUT2D eigenvalue weighted by molar-refractivity contribution is 0.572. The molecule has 0 aliphatic heterocycles. The molecule has 0 bridgehead atoms. The SMILES string of the molecule is CNC(Cc1ccc(F)cc1)c1cc(F)ccc1C. The molecule has 0 aliphatic carbocycles. The highest BCUT2D eigenvalue weighted by Crippen LogP contribution is 2.22. The van der Waals surface area contributed by atoms with E-state index in [1.54, 1.807) is 24.3 Å². The first kappa shape index (κ1) is 13.7. The van der Waals surface area contributed by atoms with Crippen molar-refractivity contribution in [2.75, 3.05) is 7.05 Å². The minimum Gasteiger partial charge on any atom is -0.313 e. The van der Waals surface area contributed by atoms with Gasteiger partial charge in [-0.25, -0.2) is 8.78 Å². The first-order valence-corrected chi connectivity index (χ1v) is 6.28. The fourth-order valence-corrected chi connectivity index (χ4v) is 2.21. The summed E-state index contributed by atoms with van der Waals surface area (Å²) in [5, 5.41) is 3.19. The largest absolute Gasteiger partial charge is 0.313 e. The van der Waals surface area contributed by atoms with Crippen molar-refractivity contribution >= 4 is 0 Å². The van der Waals surface area contributed by atoms with Crippen LogP contribution in [0.4, 0.5) is 8.78 Å². The van der Waals surface area contributed by atoms with Crippen molar-refractivity contribution in [3.63, 3.8) is 0 Å². The van der Waals surface area contributed by atoms with Gasteiger partial charge in [-0.3, -0.25) is 0 Å². The molecule has 19 heavy (non-hydrogen) atoms. The van der Waals surface area contributed by atoms with Gasteiger partial charge < -0.3 is 5.32 Å². The zero-order chi connectivity index (χ0) is 13.8. The predicted octanol–water partition coefficient (Wildman–Crippen LogP) is 3.78. The summed E-state index contributed by atoms with van der Waals surface area (Å²) >= 11 is 0. The van der Waals surface area contributed by atoms with Gasteiger partial charge >= 0.3 is 0 Å². The molecule has 0 aliphatic rings.